The number of aromatic nitrogens is 4. The van der Waals surface area contributed by atoms with Crippen LogP contribution in [0.3, 0.4) is 0 Å². The number of anilines is 1. The molecular weight excluding hydrogens is 347 g/mol. The van der Waals surface area contributed by atoms with E-state index in [9.17, 15) is 9.18 Å². The lowest BCUT2D eigenvalue weighted by Crippen LogP contribution is -2.24. The van der Waals surface area contributed by atoms with Gasteiger partial charge in [-0.2, -0.15) is 5.10 Å². The number of hydrogen-bond donors (Lipinski definition) is 0. The summed E-state index contributed by atoms with van der Waals surface area (Å²) in [5.74, 6) is 0.241. The van der Waals surface area contributed by atoms with Crippen molar-refractivity contribution in [2.24, 2.45) is 0 Å². The first kappa shape index (κ1) is 17.1. The van der Waals surface area contributed by atoms with Crippen LogP contribution in [-0.2, 0) is 19.6 Å². The van der Waals surface area contributed by atoms with Gasteiger partial charge in [-0.1, -0.05) is 12.1 Å². The quantitative estimate of drug-likeness (QED) is 0.707. The Balaban J connectivity index is 1.47. The van der Waals surface area contributed by atoms with Crippen molar-refractivity contribution in [3.63, 3.8) is 0 Å². The van der Waals surface area contributed by atoms with E-state index < -0.39 is 0 Å². The summed E-state index contributed by atoms with van der Waals surface area (Å²) < 4.78 is 14.9. The lowest BCUT2D eigenvalue weighted by molar-refractivity contribution is 0.0821. The van der Waals surface area contributed by atoms with Gasteiger partial charge in [0.25, 0.3) is 5.91 Å². The summed E-state index contributed by atoms with van der Waals surface area (Å²) >= 11 is 0. The second-order valence-electron chi connectivity index (χ2n) is 6.74. The molecule has 0 aliphatic carbocycles. The molecule has 0 unspecified atom stereocenters. The van der Waals surface area contributed by atoms with Gasteiger partial charge in [0.2, 0.25) is 0 Å². The van der Waals surface area contributed by atoms with Gasteiger partial charge < -0.3 is 9.80 Å². The Morgan fingerprint density at radius 2 is 1.96 bits per heavy atom. The van der Waals surface area contributed by atoms with Crippen LogP contribution in [0.15, 0.2) is 42.9 Å². The van der Waals surface area contributed by atoms with E-state index in [1.54, 1.807) is 32.4 Å². The average Bonchev–Trinajstić information content (AvgIpc) is 3.21. The molecule has 1 aliphatic rings. The van der Waals surface area contributed by atoms with Gasteiger partial charge in [0.1, 0.15) is 17.3 Å². The minimum absolute atomic E-state index is 0.175. The Labute approximate surface area is 156 Å². The topological polar surface area (TPSA) is 67.2 Å². The van der Waals surface area contributed by atoms with E-state index in [0.717, 1.165) is 16.8 Å². The molecule has 0 saturated heterocycles. The second kappa shape index (κ2) is 6.79. The van der Waals surface area contributed by atoms with Crippen LogP contribution < -0.4 is 4.90 Å². The standard InChI is InChI=1S/C19H19FN6O/c1-24(2)19(27)16-7-21-8-18(22-16)25-10-14-11-26(23-17(14)12-25)9-13-3-5-15(20)6-4-13/h3-8,11H,9-10,12H2,1-2H3. The monoisotopic (exact) mass is 366 g/mol. The Morgan fingerprint density at radius 3 is 2.67 bits per heavy atom. The molecule has 1 amide bonds. The fourth-order valence-electron chi connectivity index (χ4n) is 3.07. The average molecular weight is 366 g/mol. The number of amides is 1. The first-order chi connectivity index (χ1) is 13.0. The highest BCUT2D eigenvalue weighted by molar-refractivity contribution is 5.91. The minimum Gasteiger partial charge on any atom is -0.345 e. The Morgan fingerprint density at radius 1 is 1.19 bits per heavy atom. The van der Waals surface area contributed by atoms with Crippen molar-refractivity contribution in [3.05, 3.63) is 71.2 Å². The van der Waals surface area contributed by atoms with Crippen LogP contribution in [0.4, 0.5) is 10.2 Å². The number of halogens is 1. The number of fused-ring (bicyclic) bond motifs is 1. The number of carbonyl (C=O) groups is 1. The summed E-state index contributed by atoms with van der Waals surface area (Å²) in [4.78, 5) is 24.2. The zero-order chi connectivity index (χ0) is 19.0. The van der Waals surface area contributed by atoms with Gasteiger partial charge in [-0.25, -0.2) is 9.37 Å². The molecule has 4 rings (SSSR count). The van der Waals surface area contributed by atoms with Crippen molar-refractivity contribution in [2.75, 3.05) is 19.0 Å². The van der Waals surface area contributed by atoms with Crippen molar-refractivity contribution in [1.29, 1.82) is 0 Å². The van der Waals surface area contributed by atoms with Crippen LogP contribution in [0, 0.1) is 5.82 Å². The van der Waals surface area contributed by atoms with Gasteiger partial charge >= 0.3 is 0 Å². The van der Waals surface area contributed by atoms with Crippen LogP contribution in [0.2, 0.25) is 0 Å². The lowest BCUT2D eigenvalue weighted by atomic mass is 10.2. The van der Waals surface area contributed by atoms with Gasteiger partial charge in [-0.05, 0) is 17.7 Å². The van der Waals surface area contributed by atoms with Crippen molar-refractivity contribution in [2.45, 2.75) is 19.6 Å². The zero-order valence-electron chi connectivity index (χ0n) is 15.1. The van der Waals surface area contributed by atoms with Gasteiger partial charge in [-0.15, -0.1) is 0 Å². The van der Waals surface area contributed by atoms with Crippen LogP contribution >= 0.6 is 0 Å². The van der Waals surface area contributed by atoms with Crippen LogP contribution in [-0.4, -0.2) is 44.7 Å². The molecule has 3 heterocycles. The molecule has 0 fully saturated rings. The largest absolute Gasteiger partial charge is 0.345 e. The van der Waals surface area contributed by atoms with Gasteiger partial charge in [0, 0.05) is 32.4 Å². The molecule has 3 aromatic rings. The fraction of sp³-hybridized carbons (Fsp3) is 0.263. The summed E-state index contributed by atoms with van der Waals surface area (Å²) in [5.41, 5.74) is 3.41. The number of benzene rings is 1. The Hall–Kier alpha value is -3.29. The van der Waals surface area contributed by atoms with Crippen molar-refractivity contribution < 1.29 is 9.18 Å². The van der Waals surface area contributed by atoms with E-state index in [1.807, 2.05) is 15.8 Å². The molecule has 0 bridgehead atoms. The summed E-state index contributed by atoms with van der Waals surface area (Å²) in [5, 5.41) is 4.63. The van der Waals surface area contributed by atoms with Gasteiger partial charge in [-0.3, -0.25) is 14.5 Å². The first-order valence-electron chi connectivity index (χ1n) is 8.58. The van der Waals surface area contributed by atoms with E-state index in [-0.39, 0.29) is 11.7 Å². The molecule has 2 aromatic heterocycles. The molecule has 1 aromatic carbocycles. The number of hydrogen-bond acceptors (Lipinski definition) is 5. The number of rotatable bonds is 4. The fourth-order valence-corrected chi connectivity index (χ4v) is 3.07. The second-order valence-corrected chi connectivity index (χ2v) is 6.74. The molecule has 0 radical (unpaired) electrons. The molecule has 1 aliphatic heterocycles. The third-order valence-electron chi connectivity index (χ3n) is 4.46. The normalized spacial score (nSPS) is 12.9. The van der Waals surface area contributed by atoms with Crippen molar-refractivity contribution >= 4 is 11.7 Å². The lowest BCUT2D eigenvalue weighted by Gasteiger charge is -2.17. The molecule has 0 atom stereocenters. The molecule has 0 N–H and O–H groups in total. The van der Waals surface area contributed by atoms with Crippen LogP contribution in [0.1, 0.15) is 27.3 Å². The van der Waals surface area contributed by atoms with Gasteiger partial charge in [0.15, 0.2) is 0 Å². The number of carbonyl (C=O) groups excluding carboxylic acids is 1. The smallest absolute Gasteiger partial charge is 0.273 e. The summed E-state index contributed by atoms with van der Waals surface area (Å²) in [6.07, 6.45) is 5.13. The van der Waals surface area contributed by atoms with Crippen molar-refractivity contribution in [1.82, 2.24) is 24.6 Å². The van der Waals surface area contributed by atoms with Gasteiger partial charge in [0.05, 0.1) is 31.2 Å². The summed E-state index contributed by atoms with van der Waals surface area (Å²) in [7, 11) is 3.37. The highest BCUT2D eigenvalue weighted by atomic mass is 19.1. The van der Waals surface area contributed by atoms with E-state index in [0.29, 0.717) is 31.1 Å². The third-order valence-corrected chi connectivity index (χ3v) is 4.46. The Kier molecular flexibility index (Phi) is 4.31. The van der Waals surface area contributed by atoms with Crippen molar-refractivity contribution in [3.8, 4) is 0 Å². The maximum Gasteiger partial charge on any atom is 0.273 e. The maximum atomic E-state index is 13.0. The highest BCUT2D eigenvalue weighted by Crippen LogP contribution is 2.26. The third kappa shape index (κ3) is 3.51. The molecule has 7 nitrogen and oxygen atoms in total. The summed E-state index contributed by atoms with van der Waals surface area (Å²) in [6, 6.07) is 6.43. The van der Waals surface area contributed by atoms with Crippen LogP contribution in [0.25, 0.3) is 0 Å². The Bertz CT molecular complexity index is 959. The molecule has 138 valence electrons. The van der Waals surface area contributed by atoms with E-state index >= 15 is 0 Å². The molecular formula is C19H19FN6O. The highest BCUT2D eigenvalue weighted by Gasteiger charge is 2.25. The predicted molar refractivity (Wildman–Crippen MR) is 97.7 cm³/mol. The minimum atomic E-state index is -0.242. The maximum absolute atomic E-state index is 13.0. The van der Waals surface area contributed by atoms with E-state index in [1.165, 1.54) is 23.2 Å². The van der Waals surface area contributed by atoms with E-state index in [2.05, 4.69) is 15.1 Å². The SMILES string of the molecule is CN(C)C(=O)c1cncc(N2Cc3cn(Cc4ccc(F)cc4)nc3C2)n1. The zero-order valence-corrected chi connectivity index (χ0v) is 15.1. The first-order valence-corrected chi connectivity index (χ1v) is 8.58. The number of nitrogens with zero attached hydrogens (tertiary/aromatic N) is 6. The molecule has 27 heavy (non-hydrogen) atoms. The molecule has 8 heteroatoms. The summed E-state index contributed by atoms with van der Waals surface area (Å²) in [6.45, 7) is 1.87. The van der Waals surface area contributed by atoms with Crippen LogP contribution in [0.5, 0.6) is 0 Å². The molecule has 0 saturated carbocycles. The molecule has 0 spiro atoms. The predicted octanol–water partition coefficient (Wildman–Crippen LogP) is 2.08. The van der Waals surface area contributed by atoms with E-state index in [4.69, 9.17) is 0 Å².